The van der Waals surface area contributed by atoms with Crippen molar-refractivity contribution in [2.75, 3.05) is 6.54 Å². The van der Waals surface area contributed by atoms with Gasteiger partial charge in [-0.05, 0) is 30.1 Å². The predicted molar refractivity (Wildman–Crippen MR) is 85.2 cm³/mol. The number of rotatable bonds is 5. The third kappa shape index (κ3) is 3.64. The molecule has 0 saturated carbocycles. The molecule has 0 aliphatic heterocycles. The maximum Gasteiger partial charge on any atom is 0.0857 e. The van der Waals surface area contributed by atoms with E-state index in [9.17, 15) is 0 Å². The fourth-order valence-corrected chi connectivity index (χ4v) is 3.24. The van der Waals surface area contributed by atoms with E-state index < -0.39 is 0 Å². The predicted octanol–water partition coefficient (Wildman–Crippen LogP) is 3.73. The topological polar surface area (TPSA) is 37.8 Å². The van der Waals surface area contributed by atoms with Gasteiger partial charge in [-0.25, -0.2) is 0 Å². The van der Waals surface area contributed by atoms with E-state index in [4.69, 9.17) is 0 Å². The van der Waals surface area contributed by atoms with E-state index in [2.05, 4.69) is 72.9 Å². The van der Waals surface area contributed by atoms with Crippen molar-refractivity contribution >= 4 is 11.5 Å². The van der Waals surface area contributed by atoms with Gasteiger partial charge in [0.15, 0.2) is 0 Å². The fraction of sp³-hybridized carbons (Fsp3) is 0.500. The van der Waals surface area contributed by atoms with Gasteiger partial charge in [0.2, 0.25) is 0 Å². The second-order valence-corrected chi connectivity index (χ2v) is 6.82. The molecule has 1 heterocycles. The molecule has 0 aliphatic rings. The van der Waals surface area contributed by atoms with Crippen LogP contribution in [0.4, 0.5) is 0 Å². The van der Waals surface area contributed by atoms with E-state index >= 15 is 0 Å². The second-order valence-electron chi connectivity index (χ2n) is 6.04. The van der Waals surface area contributed by atoms with Crippen molar-refractivity contribution in [3.8, 4) is 0 Å². The molecule has 0 amide bonds. The normalized spacial score (nSPS) is 13.4. The van der Waals surface area contributed by atoms with Crippen molar-refractivity contribution in [2.24, 2.45) is 0 Å². The number of nitrogens with one attached hydrogen (secondary N) is 1. The van der Waals surface area contributed by atoms with Crippen molar-refractivity contribution in [3.05, 3.63) is 46.5 Å². The molecule has 2 aromatic rings. The van der Waals surface area contributed by atoms with Crippen LogP contribution < -0.4 is 5.32 Å². The van der Waals surface area contributed by atoms with Gasteiger partial charge in [0.1, 0.15) is 0 Å². The standard InChI is InChI=1S/C16H23N3S/c1-5-17-13(11-12-9-7-6-8-10-12)14-15(16(2,3)4)18-19-20-14/h6-10,13,17H,5,11H2,1-4H3. The van der Waals surface area contributed by atoms with Gasteiger partial charge in [0, 0.05) is 11.5 Å². The third-order valence-electron chi connectivity index (χ3n) is 3.27. The van der Waals surface area contributed by atoms with Crippen LogP contribution in [0.25, 0.3) is 0 Å². The molecule has 0 saturated heterocycles. The maximum absolute atomic E-state index is 4.36. The molecule has 4 heteroatoms. The highest BCUT2D eigenvalue weighted by Gasteiger charge is 2.26. The SMILES string of the molecule is CCNC(Cc1ccccc1)c1snnc1C(C)(C)C. The molecule has 1 atom stereocenters. The number of aromatic nitrogens is 2. The quantitative estimate of drug-likeness (QED) is 0.911. The number of hydrogen-bond donors (Lipinski definition) is 1. The molecular formula is C16H23N3S. The summed E-state index contributed by atoms with van der Waals surface area (Å²) in [6, 6.07) is 10.9. The summed E-state index contributed by atoms with van der Waals surface area (Å²) < 4.78 is 4.19. The molecule has 1 N–H and O–H groups in total. The van der Waals surface area contributed by atoms with Crippen LogP contribution in [0, 0.1) is 0 Å². The largest absolute Gasteiger partial charge is 0.309 e. The molecule has 0 radical (unpaired) electrons. The van der Waals surface area contributed by atoms with E-state index in [-0.39, 0.29) is 11.5 Å². The van der Waals surface area contributed by atoms with Crippen molar-refractivity contribution < 1.29 is 0 Å². The molecule has 2 rings (SSSR count). The van der Waals surface area contributed by atoms with Gasteiger partial charge in [-0.1, -0.05) is 62.5 Å². The molecule has 1 unspecified atom stereocenters. The van der Waals surface area contributed by atoms with Gasteiger partial charge in [-0.2, -0.15) is 0 Å². The first-order valence-electron chi connectivity index (χ1n) is 7.12. The number of hydrogen-bond acceptors (Lipinski definition) is 4. The van der Waals surface area contributed by atoms with Crippen molar-refractivity contribution in [3.63, 3.8) is 0 Å². The van der Waals surface area contributed by atoms with Gasteiger partial charge in [0.25, 0.3) is 0 Å². The molecule has 0 spiro atoms. The first-order chi connectivity index (χ1) is 9.52. The van der Waals surface area contributed by atoms with Crippen LogP contribution >= 0.6 is 11.5 Å². The third-order valence-corrected chi connectivity index (χ3v) is 4.11. The molecule has 108 valence electrons. The average Bonchev–Trinajstić information content (AvgIpc) is 2.88. The number of nitrogens with zero attached hydrogens (tertiary/aromatic N) is 2. The number of likely N-dealkylation sites (N-methyl/N-ethyl adjacent to an activating group) is 1. The first kappa shape index (κ1) is 15.1. The van der Waals surface area contributed by atoms with Crippen LogP contribution in [0.5, 0.6) is 0 Å². The molecule has 3 nitrogen and oxygen atoms in total. The molecular weight excluding hydrogens is 266 g/mol. The lowest BCUT2D eigenvalue weighted by Gasteiger charge is -2.22. The van der Waals surface area contributed by atoms with Crippen LogP contribution in [-0.2, 0) is 11.8 Å². The summed E-state index contributed by atoms with van der Waals surface area (Å²) >= 11 is 1.52. The summed E-state index contributed by atoms with van der Waals surface area (Å²) in [4.78, 5) is 1.27. The molecule has 1 aromatic heterocycles. The highest BCUT2D eigenvalue weighted by molar-refractivity contribution is 7.05. The minimum absolute atomic E-state index is 0.0344. The van der Waals surface area contributed by atoms with E-state index in [1.165, 1.54) is 22.0 Å². The minimum Gasteiger partial charge on any atom is -0.309 e. The van der Waals surface area contributed by atoms with Crippen LogP contribution in [0.3, 0.4) is 0 Å². The number of benzene rings is 1. The zero-order valence-electron chi connectivity index (χ0n) is 12.7. The Bertz CT molecular complexity index is 528. The van der Waals surface area contributed by atoms with Gasteiger partial charge in [-0.3, -0.25) is 0 Å². The molecule has 0 aliphatic carbocycles. The summed E-state index contributed by atoms with van der Waals surface area (Å²) in [5, 5.41) is 7.94. The molecule has 0 fully saturated rings. The summed E-state index contributed by atoms with van der Waals surface area (Å²) in [6.07, 6.45) is 0.974. The monoisotopic (exact) mass is 289 g/mol. The Morgan fingerprint density at radius 1 is 1.20 bits per heavy atom. The second kappa shape index (κ2) is 6.46. The Morgan fingerprint density at radius 2 is 1.90 bits per heavy atom. The minimum atomic E-state index is 0.0344. The van der Waals surface area contributed by atoms with Gasteiger partial charge in [-0.15, -0.1) is 5.10 Å². The summed E-state index contributed by atoms with van der Waals surface area (Å²) in [7, 11) is 0. The molecule has 1 aromatic carbocycles. The van der Waals surface area contributed by atoms with Gasteiger partial charge < -0.3 is 5.32 Å². The van der Waals surface area contributed by atoms with Crippen LogP contribution in [0.2, 0.25) is 0 Å². The van der Waals surface area contributed by atoms with Crippen LogP contribution in [0.1, 0.15) is 49.9 Å². The molecule has 20 heavy (non-hydrogen) atoms. The zero-order chi connectivity index (χ0) is 14.6. The van der Waals surface area contributed by atoms with E-state index in [0.717, 1.165) is 18.7 Å². The van der Waals surface area contributed by atoms with E-state index in [1.54, 1.807) is 0 Å². The van der Waals surface area contributed by atoms with Crippen molar-refractivity contribution in [1.29, 1.82) is 0 Å². The van der Waals surface area contributed by atoms with E-state index in [1.807, 2.05) is 0 Å². The Labute approximate surface area is 125 Å². The van der Waals surface area contributed by atoms with Crippen LogP contribution in [0.15, 0.2) is 30.3 Å². The zero-order valence-corrected chi connectivity index (χ0v) is 13.5. The maximum atomic E-state index is 4.36. The fourth-order valence-electron chi connectivity index (χ4n) is 2.30. The summed E-state index contributed by atoms with van der Waals surface area (Å²) in [5.41, 5.74) is 2.49. The highest BCUT2D eigenvalue weighted by Crippen LogP contribution is 2.31. The Morgan fingerprint density at radius 3 is 2.50 bits per heavy atom. The lowest BCUT2D eigenvalue weighted by atomic mass is 9.89. The average molecular weight is 289 g/mol. The van der Waals surface area contributed by atoms with Crippen molar-refractivity contribution in [2.45, 2.75) is 45.6 Å². The summed E-state index contributed by atoms with van der Waals surface area (Å²) in [6.45, 7) is 9.67. The Balaban J connectivity index is 2.27. The van der Waals surface area contributed by atoms with Gasteiger partial charge >= 0.3 is 0 Å². The van der Waals surface area contributed by atoms with E-state index in [0.29, 0.717) is 0 Å². The van der Waals surface area contributed by atoms with Crippen molar-refractivity contribution in [1.82, 2.24) is 14.9 Å². The highest BCUT2D eigenvalue weighted by atomic mass is 32.1. The smallest absolute Gasteiger partial charge is 0.0857 e. The summed E-state index contributed by atoms with van der Waals surface area (Å²) in [5.74, 6) is 0. The van der Waals surface area contributed by atoms with Gasteiger partial charge in [0.05, 0.1) is 10.6 Å². The molecule has 0 bridgehead atoms. The Hall–Kier alpha value is -1.26. The Kier molecular flexibility index (Phi) is 4.89. The van der Waals surface area contributed by atoms with Crippen LogP contribution in [-0.4, -0.2) is 16.1 Å². The first-order valence-corrected chi connectivity index (χ1v) is 7.89. The lowest BCUT2D eigenvalue weighted by molar-refractivity contribution is 0.515. The lowest BCUT2D eigenvalue weighted by Crippen LogP contribution is -2.25.